The van der Waals surface area contributed by atoms with Crippen molar-refractivity contribution in [3.05, 3.63) is 34.6 Å². The minimum Gasteiger partial charge on any atom is -0.465 e. The van der Waals surface area contributed by atoms with Crippen LogP contribution in [0.1, 0.15) is 6.42 Å². The Bertz CT molecular complexity index is 760. The number of fused-ring (bicyclic) bond motifs is 1. The highest BCUT2D eigenvalue weighted by Crippen LogP contribution is 2.05. The van der Waals surface area contributed by atoms with Crippen molar-refractivity contribution >= 4 is 16.9 Å². The minimum absolute atomic E-state index is 0.160. The van der Waals surface area contributed by atoms with Crippen molar-refractivity contribution in [1.82, 2.24) is 15.0 Å². The summed E-state index contributed by atoms with van der Waals surface area (Å²) in [5.74, 6) is -0.395. The quantitative estimate of drug-likeness (QED) is 0.633. The third-order valence-electron chi connectivity index (χ3n) is 3.97. The maximum Gasteiger partial charge on any atom is 0.364 e. The van der Waals surface area contributed by atoms with E-state index >= 15 is 0 Å². The van der Waals surface area contributed by atoms with E-state index in [2.05, 4.69) is 10.3 Å². The van der Waals surface area contributed by atoms with Crippen LogP contribution in [0.2, 0.25) is 0 Å². The molecule has 1 fully saturated rings. The molecule has 1 aliphatic rings. The molecule has 1 aliphatic heterocycles. The number of ether oxygens (including phenoxy) is 1. The van der Waals surface area contributed by atoms with E-state index < -0.39 is 18.1 Å². The summed E-state index contributed by atoms with van der Waals surface area (Å²) in [5.41, 5.74) is 0.271. The molecule has 0 bridgehead atoms. The predicted octanol–water partition coefficient (Wildman–Crippen LogP) is -2.06. The molecule has 116 valence electrons. The number of hydrogen-bond donors (Lipinski definition) is 2. The highest BCUT2D eigenvalue weighted by atomic mass is 16.5. The van der Waals surface area contributed by atoms with Crippen LogP contribution in [0.3, 0.4) is 0 Å². The van der Waals surface area contributed by atoms with E-state index in [1.807, 2.05) is 0 Å². The van der Waals surface area contributed by atoms with E-state index in [1.165, 1.54) is 11.8 Å². The Balaban J connectivity index is 1.91. The molecule has 1 saturated heterocycles. The molecule has 3 atom stereocenters. The lowest BCUT2D eigenvalue weighted by Crippen LogP contribution is -3.14. The summed E-state index contributed by atoms with van der Waals surface area (Å²) in [7, 11) is 1.31. The summed E-state index contributed by atoms with van der Waals surface area (Å²) < 4.78 is 5.98. The van der Waals surface area contributed by atoms with Gasteiger partial charge in [-0.05, 0) is 12.1 Å². The maximum absolute atomic E-state index is 12.4. The second-order valence-electron chi connectivity index (χ2n) is 5.40. The van der Waals surface area contributed by atoms with Gasteiger partial charge >= 0.3 is 5.97 Å². The van der Waals surface area contributed by atoms with E-state index in [4.69, 9.17) is 4.74 Å². The predicted molar refractivity (Wildman–Crippen MR) is 76.1 cm³/mol. The summed E-state index contributed by atoms with van der Waals surface area (Å²) in [6.07, 6.45) is -0.277. The first kappa shape index (κ1) is 14.6. The summed E-state index contributed by atoms with van der Waals surface area (Å²) in [4.78, 5) is 24.9. The number of aliphatic hydroxyl groups is 1. The molecule has 0 amide bonds. The Hall–Kier alpha value is -2.32. The molecular weight excluding hydrogens is 288 g/mol. The number of likely N-dealkylation sites (tertiary alicyclic amines) is 1. The SMILES string of the molecule is COC(=O)[C@@H]1C[C@@H](O)C[NH+]1Cn1nnc2ccccc2c1=O. The molecule has 0 spiro atoms. The molecule has 0 radical (unpaired) electrons. The Morgan fingerprint density at radius 1 is 1.50 bits per heavy atom. The number of carbonyl (C=O) groups is 1. The Morgan fingerprint density at radius 2 is 2.27 bits per heavy atom. The molecule has 22 heavy (non-hydrogen) atoms. The number of rotatable bonds is 3. The fourth-order valence-corrected chi connectivity index (χ4v) is 2.87. The van der Waals surface area contributed by atoms with E-state index in [0.29, 0.717) is 23.9 Å². The molecule has 1 unspecified atom stereocenters. The van der Waals surface area contributed by atoms with Gasteiger partial charge in [-0.3, -0.25) is 4.79 Å². The van der Waals surface area contributed by atoms with E-state index in [0.717, 1.165) is 4.90 Å². The molecule has 8 nitrogen and oxygen atoms in total. The van der Waals surface area contributed by atoms with Gasteiger partial charge in [0.1, 0.15) is 18.2 Å². The number of aliphatic hydroxyl groups excluding tert-OH is 1. The van der Waals surface area contributed by atoms with Crippen LogP contribution in [0, 0.1) is 0 Å². The van der Waals surface area contributed by atoms with Crippen LogP contribution in [0.25, 0.3) is 10.9 Å². The van der Waals surface area contributed by atoms with Crippen LogP contribution < -0.4 is 10.5 Å². The fourth-order valence-electron chi connectivity index (χ4n) is 2.87. The van der Waals surface area contributed by atoms with E-state index in [1.54, 1.807) is 24.3 Å². The number of methoxy groups -OCH3 is 1. The summed E-state index contributed by atoms with van der Waals surface area (Å²) >= 11 is 0. The first-order chi connectivity index (χ1) is 10.6. The zero-order valence-corrected chi connectivity index (χ0v) is 12.1. The lowest BCUT2D eigenvalue weighted by molar-refractivity contribution is -0.928. The average molecular weight is 305 g/mol. The zero-order valence-electron chi connectivity index (χ0n) is 12.1. The smallest absolute Gasteiger partial charge is 0.364 e. The molecule has 0 aliphatic carbocycles. The van der Waals surface area contributed by atoms with Gasteiger partial charge < -0.3 is 14.7 Å². The maximum atomic E-state index is 12.4. The van der Waals surface area contributed by atoms with E-state index in [-0.39, 0.29) is 12.2 Å². The molecule has 2 N–H and O–H groups in total. The largest absolute Gasteiger partial charge is 0.465 e. The lowest BCUT2D eigenvalue weighted by atomic mass is 10.2. The van der Waals surface area contributed by atoms with Crippen molar-refractivity contribution in [3.8, 4) is 0 Å². The number of hydrogen-bond acceptors (Lipinski definition) is 6. The number of esters is 1. The lowest BCUT2D eigenvalue weighted by Gasteiger charge is -2.19. The number of nitrogens with one attached hydrogen (secondary N) is 1. The third-order valence-corrected chi connectivity index (χ3v) is 3.97. The fraction of sp³-hybridized carbons (Fsp3) is 0.429. The topological polar surface area (TPSA) is 98.8 Å². The van der Waals surface area contributed by atoms with Gasteiger partial charge in [0, 0.05) is 6.42 Å². The number of quaternary nitrogens is 1. The molecule has 8 heteroatoms. The molecule has 3 rings (SSSR count). The van der Waals surface area contributed by atoms with Gasteiger partial charge in [0.15, 0.2) is 12.7 Å². The van der Waals surface area contributed by atoms with Crippen molar-refractivity contribution in [3.63, 3.8) is 0 Å². The van der Waals surface area contributed by atoms with Gasteiger partial charge in [-0.15, -0.1) is 5.10 Å². The highest BCUT2D eigenvalue weighted by Gasteiger charge is 2.41. The normalized spacial score (nSPS) is 24.5. The van der Waals surface area contributed by atoms with Gasteiger partial charge in [-0.25, -0.2) is 4.79 Å². The average Bonchev–Trinajstić information content (AvgIpc) is 2.90. The highest BCUT2D eigenvalue weighted by molar-refractivity contribution is 5.76. The van der Waals surface area contributed by atoms with Crippen LogP contribution >= 0.6 is 0 Å². The van der Waals surface area contributed by atoms with Crippen molar-refractivity contribution < 1.29 is 19.5 Å². The minimum atomic E-state index is -0.594. The summed E-state index contributed by atoms with van der Waals surface area (Å²) in [6, 6.07) is 6.46. The first-order valence-corrected chi connectivity index (χ1v) is 7.03. The Morgan fingerprint density at radius 3 is 3.05 bits per heavy atom. The van der Waals surface area contributed by atoms with Crippen molar-refractivity contribution in [2.75, 3.05) is 13.7 Å². The molecule has 1 aromatic carbocycles. The Kier molecular flexibility index (Phi) is 3.86. The van der Waals surface area contributed by atoms with Gasteiger partial charge in [-0.1, -0.05) is 17.3 Å². The van der Waals surface area contributed by atoms with Crippen molar-refractivity contribution in [1.29, 1.82) is 0 Å². The monoisotopic (exact) mass is 305 g/mol. The van der Waals surface area contributed by atoms with Gasteiger partial charge in [0.2, 0.25) is 0 Å². The summed E-state index contributed by atoms with van der Waals surface area (Å²) in [5, 5.41) is 18.2. The van der Waals surface area contributed by atoms with Crippen LogP contribution in [0.4, 0.5) is 0 Å². The summed E-state index contributed by atoms with van der Waals surface area (Å²) in [6.45, 7) is 0.522. The Labute approximate surface area is 125 Å². The van der Waals surface area contributed by atoms with Gasteiger partial charge in [0.25, 0.3) is 5.56 Å². The van der Waals surface area contributed by atoms with Crippen LogP contribution in [0.15, 0.2) is 29.1 Å². The van der Waals surface area contributed by atoms with E-state index in [9.17, 15) is 14.7 Å². The number of benzene rings is 1. The van der Waals surface area contributed by atoms with Crippen molar-refractivity contribution in [2.24, 2.45) is 0 Å². The number of carbonyl (C=O) groups excluding carboxylic acids is 1. The van der Waals surface area contributed by atoms with Crippen LogP contribution in [-0.2, 0) is 16.2 Å². The first-order valence-electron chi connectivity index (χ1n) is 7.03. The third kappa shape index (κ3) is 2.58. The number of aromatic nitrogens is 3. The molecule has 0 saturated carbocycles. The molecule has 2 aromatic rings. The van der Waals surface area contributed by atoms with Crippen molar-refractivity contribution in [2.45, 2.75) is 25.2 Å². The molecule has 2 heterocycles. The van der Waals surface area contributed by atoms with Gasteiger partial charge in [-0.2, -0.15) is 4.68 Å². The molecule has 1 aromatic heterocycles. The second kappa shape index (κ2) is 5.82. The second-order valence-corrected chi connectivity index (χ2v) is 5.40. The van der Waals surface area contributed by atoms with Gasteiger partial charge in [0.05, 0.1) is 12.5 Å². The zero-order chi connectivity index (χ0) is 15.7. The van der Waals surface area contributed by atoms with Crippen LogP contribution in [0.5, 0.6) is 0 Å². The molecular formula is C14H17N4O4+. The van der Waals surface area contributed by atoms with Crippen LogP contribution in [-0.4, -0.2) is 51.9 Å². The standard InChI is InChI=1S/C14H16N4O4/c1-22-14(21)12-6-9(19)7-17(12)8-18-13(20)10-4-2-3-5-11(10)15-16-18/h2-5,9,12,19H,6-8H2,1H3/p+1/t9-,12+/m1/s1. The number of nitrogens with zero attached hydrogens (tertiary/aromatic N) is 3.